The molecule has 2 fully saturated rings. The summed E-state index contributed by atoms with van der Waals surface area (Å²) in [4.78, 5) is 2.45. The molecule has 0 heterocycles. The molecule has 0 saturated heterocycles. The first kappa shape index (κ1) is 14.3. The molecule has 0 radical (unpaired) electrons. The molecule has 0 aromatic rings. The Morgan fingerprint density at radius 3 is 2.28 bits per heavy atom. The van der Waals surface area contributed by atoms with E-state index >= 15 is 0 Å². The molecular weight excluding hydrogens is 222 g/mol. The van der Waals surface area contributed by atoms with Crippen LogP contribution in [0.3, 0.4) is 0 Å². The monoisotopic (exact) mass is 253 g/mol. The SMILES string of the molecule is CN(CC1CC1)CC1CC(C(C)(C)C)CCC1O. The van der Waals surface area contributed by atoms with E-state index in [9.17, 15) is 5.11 Å². The van der Waals surface area contributed by atoms with Gasteiger partial charge in [0.2, 0.25) is 0 Å². The maximum Gasteiger partial charge on any atom is 0.0580 e. The topological polar surface area (TPSA) is 23.5 Å². The lowest BCUT2D eigenvalue weighted by Gasteiger charge is -2.41. The summed E-state index contributed by atoms with van der Waals surface area (Å²) < 4.78 is 0. The van der Waals surface area contributed by atoms with Crippen LogP contribution in [0.5, 0.6) is 0 Å². The van der Waals surface area contributed by atoms with Crippen molar-refractivity contribution in [3.05, 3.63) is 0 Å². The third-order valence-electron chi connectivity index (χ3n) is 4.98. The van der Waals surface area contributed by atoms with Gasteiger partial charge < -0.3 is 10.0 Å². The van der Waals surface area contributed by atoms with E-state index < -0.39 is 0 Å². The lowest BCUT2D eigenvalue weighted by atomic mass is 9.68. The molecule has 0 aromatic carbocycles. The van der Waals surface area contributed by atoms with E-state index in [1.54, 1.807) is 0 Å². The molecule has 2 aliphatic rings. The molecule has 0 aromatic heterocycles. The summed E-state index contributed by atoms with van der Waals surface area (Å²) in [5.74, 6) is 2.22. The van der Waals surface area contributed by atoms with Crippen molar-refractivity contribution in [2.24, 2.45) is 23.2 Å². The van der Waals surface area contributed by atoms with Crippen LogP contribution in [-0.2, 0) is 0 Å². The van der Waals surface area contributed by atoms with E-state index in [2.05, 4.69) is 32.7 Å². The lowest BCUT2D eigenvalue weighted by Crippen LogP contribution is -2.40. The van der Waals surface area contributed by atoms with Gasteiger partial charge in [-0.2, -0.15) is 0 Å². The molecule has 2 nitrogen and oxygen atoms in total. The predicted octanol–water partition coefficient (Wildman–Crippen LogP) is 3.15. The Morgan fingerprint density at radius 2 is 1.72 bits per heavy atom. The summed E-state index contributed by atoms with van der Waals surface area (Å²) in [5.41, 5.74) is 0.396. The molecule has 18 heavy (non-hydrogen) atoms. The molecule has 2 heteroatoms. The van der Waals surface area contributed by atoms with E-state index in [4.69, 9.17) is 0 Å². The second-order valence-electron chi connectivity index (χ2n) is 7.87. The zero-order valence-electron chi connectivity index (χ0n) is 12.7. The third-order valence-corrected chi connectivity index (χ3v) is 4.98. The van der Waals surface area contributed by atoms with Crippen LogP contribution in [0.15, 0.2) is 0 Å². The van der Waals surface area contributed by atoms with Crippen LogP contribution in [0.1, 0.15) is 52.9 Å². The van der Waals surface area contributed by atoms with Gasteiger partial charge in [-0.25, -0.2) is 0 Å². The number of hydrogen-bond acceptors (Lipinski definition) is 2. The Morgan fingerprint density at radius 1 is 1.06 bits per heavy atom. The Balaban J connectivity index is 1.84. The number of aliphatic hydroxyl groups is 1. The maximum absolute atomic E-state index is 10.2. The van der Waals surface area contributed by atoms with Crippen LogP contribution < -0.4 is 0 Å². The maximum atomic E-state index is 10.2. The van der Waals surface area contributed by atoms with E-state index in [0.717, 1.165) is 24.8 Å². The normalized spacial score (nSPS) is 34.0. The summed E-state index contributed by atoms with van der Waals surface area (Å²) in [6, 6.07) is 0. The average molecular weight is 253 g/mol. The average Bonchev–Trinajstić information content (AvgIpc) is 3.03. The fraction of sp³-hybridized carbons (Fsp3) is 1.00. The van der Waals surface area contributed by atoms with Crippen LogP contribution >= 0.6 is 0 Å². The summed E-state index contributed by atoms with van der Waals surface area (Å²) in [7, 11) is 2.23. The van der Waals surface area contributed by atoms with Crippen molar-refractivity contribution in [3.8, 4) is 0 Å². The molecular formula is C16H31NO. The Bertz CT molecular complexity index is 267. The second-order valence-corrected chi connectivity index (χ2v) is 7.87. The highest BCUT2D eigenvalue weighted by Crippen LogP contribution is 2.40. The largest absolute Gasteiger partial charge is 0.393 e. The molecule has 0 bridgehead atoms. The first-order valence-electron chi connectivity index (χ1n) is 7.73. The van der Waals surface area contributed by atoms with Gasteiger partial charge in [-0.1, -0.05) is 20.8 Å². The van der Waals surface area contributed by atoms with E-state index in [0.29, 0.717) is 11.3 Å². The predicted molar refractivity (Wildman–Crippen MR) is 76.5 cm³/mol. The third kappa shape index (κ3) is 3.96. The summed E-state index contributed by atoms with van der Waals surface area (Å²) in [6.45, 7) is 9.37. The van der Waals surface area contributed by atoms with Gasteiger partial charge in [0.25, 0.3) is 0 Å². The molecule has 0 aliphatic heterocycles. The zero-order chi connectivity index (χ0) is 13.3. The summed E-state index contributed by atoms with van der Waals surface area (Å²) >= 11 is 0. The van der Waals surface area contributed by atoms with Gasteiger partial charge in [-0.3, -0.25) is 0 Å². The van der Waals surface area contributed by atoms with Gasteiger partial charge in [-0.05, 0) is 62.3 Å². The minimum Gasteiger partial charge on any atom is -0.393 e. The molecule has 3 unspecified atom stereocenters. The minimum absolute atomic E-state index is 0.0646. The van der Waals surface area contributed by atoms with Gasteiger partial charge >= 0.3 is 0 Å². The Hall–Kier alpha value is -0.0800. The van der Waals surface area contributed by atoms with Crippen LogP contribution in [0.25, 0.3) is 0 Å². The molecule has 2 rings (SSSR count). The molecule has 2 aliphatic carbocycles. The number of nitrogens with zero attached hydrogens (tertiary/aromatic N) is 1. The highest BCUT2D eigenvalue weighted by Gasteiger charge is 2.35. The van der Waals surface area contributed by atoms with Crippen molar-refractivity contribution in [1.29, 1.82) is 0 Å². The lowest BCUT2D eigenvalue weighted by molar-refractivity contribution is 0.00604. The van der Waals surface area contributed by atoms with Gasteiger partial charge in [0, 0.05) is 13.1 Å². The van der Waals surface area contributed by atoms with Gasteiger partial charge in [-0.15, -0.1) is 0 Å². The Labute approximate surface area is 113 Å². The smallest absolute Gasteiger partial charge is 0.0580 e. The quantitative estimate of drug-likeness (QED) is 0.832. The number of aliphatic hydroxyl groups excluding tert-OH is 1. The number of hydrogen-bond donors (Lipinski definition) is 1. The fourth-order valence-electron chi connectivity index (χ4n) is 3.45. The van der Waals surface area contributed by atoms with E-state index in [1.165, 1.54) is 32.2 Å². The molecule has 0 spiro atoms. The first-order chi connectivity index (χ1) is 8.36. The highest BCUT2D eigenvalue weighted by atomic mass is 16.3. The second kappa shape index (κ2) is 5.50. The van der Waals surface area contributed by atoms with Crippen molar-refractivity contribution in [1.82, 2.24) is 4.90 Å². The number of rotatable bonds is 4. The first-order valence-corrected chi connectivity index (χ1v) is 7.73. The van der Waals surface area contributed by atoms with Gasteiger partial charge in [0.15, 0.2) is 0 Å². The van der Waals surface area contributed by atoms with Crippen molar-refractivity contribution in [3.63, 3.8) is 0 Å². The van der Waals surface area contributed by atoms with Crippen LogP contribution in [0, 0.1) is 23.2 Å². The summed E-state index contributed by atoms with van der Waals surface area (Å²) in [6.07, 6.45) is 6.19. The van der Waals surface area contributed by atoms with Crippen molar-refractivity contribution in [2.45, 2.75) is 59.0 Å². The standard InChI is InChI=1S/C16H31NO/c1-16(2,3)14-7-8-15(18)13(9-14)11-17(4)10-12-5-6-12/h12-15,18H,5-11H2,1-4H3. The molecule has 0 amide bonds. The van der Waals surface area contributed by atoms with Crippen molar-refractivity contribution >= 4 is 0 Å². The van der Waals surface area contributed by atoms with Crippen molar-refractivity contribution < 1.29 is 5.11 Å². The molecule has 106 valence electrons. The minimum atomic E-state index is -0.0646. The fourth-order valence-corrected chi connectivity index (χ4v) is 3.45. The molecule has 3 atom stereocenters. The summed E-state index contributed by atoms with van der Waals surface area (Å²) in [5, 5.41) is 10.2. The van der Waals surface area contributed by atoms with Gasteiger partial charge in [0.1, 0.15) is 0 Å². The van der Waals surface area contributed by atoms with E-state index in [1.807, 2.05) is 0 Å². The van der Waals surface area contributed by atoms with Crippen molar-refractivity contribution in [2.75, 3.05) is 20.1 Å². The van der Waals surface area contributed by atoms with Gasteiger partial charge in [0.05, 0.1) is 6.10 Å². The van der Waals surface area contributed by atoms with E-state index in [-0.39, 0.29) is 6.10 Å². The highest BCUT2D eigenvalue weighted by molar-refractivity contribution is 4.87. The Kier molecular flexibility index (Phi) is 4.38. The van der Waals surface area contributed by atoms with Crippen LogP contribution in [0.2, 0.25) is 0 Å². The van der Waals surface area contributed by atoms with Crippen LogP contribution in [-0.4, -0.2) is 36.2 Å². The molecule has 2 saturated carbocycles. The molecule has 1 N–H and O–H groups in total. The van der Waals surface area contributed by atoms with Crippen LogP contribution in [0.4, 0.5) is 0 Å². The zero-order valence-corrected chi connectivity index (χ0v) is 12.7.